The van der Waals surface area contributed by atoms with Gasteiger partial charge in [-0.05, 0) is 37.3 Å². The van der Waals surface area contributed by atoms with Gasteiger partial charge in [-0.1, -0.05) is 35.9 Å². The molecule has 0 fully saturated rings. The van der Waals surface area contributed by atoms with E-state index in [4.69, 9.17) is 21.1 Å². The van der Waals surface area contributed by atoms with E-state index < -0.39 is 18.0 Å². The maximum Gasteiger partial charge on any atom is 0.331 e. The van der Waals surface area contributed by atoms with Crippen LogP contribution in [0.4, 0.5) is 5.69 Å². The Morgan fingerprint density at radius 3 is 2.64 bits per heavy atom. The molecule has 2 aromatic carbocycles. The average molecular weight is 360 g/mol. The summed E-state index contributed by atoms with van der Waals surface area (Å²) in [4.78, 5) is 23.9. The van der Waals surface area contributed by atoms with Crippen LogP contribution in [0.5, 0.6) is 5.75 Å². The molecule has 0 radical (unpaired) electrons. The van der Waals surface area contributed by atoms with Gasteiger partial charge in [0.2, 0.25) is 0 Å². The van der Waals surface area contributed by atoms with E-state index in [2.05, 4.69) is 5.32 Å². The summed E-state index contributed by atoms with van der Waals surface area (Å²) in [6, 6.07) is 14.0. The fraction of sp³-hybridized carbons (Fsp3) is 0.158. The van der Waals surface area contributed by atoms with Gasteiger partial charge >= 0.3 is 5.97 Å². The molecule has 6 heteroatoms. The Balaban J connectivity index is 1.93. The smallest absolute Gasteiger partial charge is 0.331 e. The van der Waals surface area contributed by atoms with Crippen molar-refractivity contribution in [2.24, 2.45) is 0 Å². The molecule has 1 amide bonds. The first-order chi connectivity index (χ1) is 12.0. The number of amides is 1. The number of carbonyl (C=O) groups is 2. The summed E-state index contributed by atoms with van der Waals surface area (Å²) >= 11 is 5.86. The number of hydrogen-bond acceptors (Lipinski definition) is 4. The Labute approximate surface area is 151 Å². The monoisotopic (exact) mass is 359 g/mol. The van der Waals surface area contributed by atoms with E-state index in [1.54, 1.807) is 49.6 Å². The van der Waals surface area contributed by atoms with E-state index in [0.29, 0.717) is 16.5 Å². The van der Waals surface area contributed by atoms with Crippen LogP contribution in [0.3, 0.4) is 0 Å². The van der Waals surface area contributed by atoms with Gasteiger partial charge in [-0.25, -0.2) is 4.79 Å². The van der Waals surface area contributed by atoms with Gasteiger partial charge in [0.1, 0.15) is 5.75 Å². The second-order valence-corrected chi connectivity index (χ2v) is 5.59. The molecule has 25 heavy (non-hydrogen) atoms. The van der Waals surface area contributed by atoms with Crippen molar-refractivity contribution in [1.82, 2.24) is 0 Å². The molecule has 0 aromatic heterocycles. The van der Waals surface area contributed by atoms with E-state index in [9.17, 15) is 9.59 Å². The topological polar surface area (TPSA) is 64.6 Å². The molecule has 0 aliphatic rings. The molecule has 0 saturated carbocycles. The molecule has 2 rings (SSSR count). The van der Waals surface area contributed by atoms with Crippen LogP contribution in [0.1, 0.15) is 12.5 Å². The highest BCUT2D eigenvalue weighted by Gasteiger charge is 2.16. The van der Waals surface area contributed by atoms with Crippen LogP contribution < -0.4 is 10.1 Å². The quantitative estimate of drug-likeness (QED) is 0.627. The van der Waals surface area contributed by atoms with Crippen molar-refractivity contribution in [3.63, 3.8) is 0 Å². The maximum atomic E-state index is 12.1. The Bertz CT molecular complexity index is 788. The van der Waals surface area contributed by atoms with Crippen molar-refractivity contribution in [3.05, 3.63) is 65.2 Å². The third-order valence-corrected chi connectivity index (χ3v) is 3.53. The Hall–Kier alpha value is -2.79. The molecule has 0 bridgehead atoms. The molecule has 1 N–H and O–H groups in total. The van der Waals surface area contributed by atoms with Crippen LogP contribution in [0.25, 0.3) is 6.08 Å². The molecule has 0 unspecified atom stereocenters. The Kier molecular flexibility index (Phi) is 6.60. The third kappa shape index (κ3) is 5.65. The van der Waals surface area contributed by atoms with Crippen molar-refractivity contribution >= 4 is 35.2 Å². The van der Waals surface area contributed by atoms with E-state index >= 15 is 0 Å². The predicted molar refractivity (Wildman–Crippen MR) is 97.7 cm³/mol. The van der Waals surface area contributed by atoms with Crippen molar-refractivity contribution in [3.8, 4) is 5.75 Å². The average Bonchev–Trinajstić information content (AvgIpc) is 2.60. The molecular formula is C19H18ClNO4. The normalized spacial score (nSPS) is 11.8. The number of benzene rings is 2. The van der Waals surface area contributed by atoms with Crippen LogP contribution in [0.2, 0.25) is 5.02 Å². The summed E-state index contributed by atoms with van der Waals surface area (Å²) in [5, 5.41) is 3.14. The summed E-state index contributed by atoms with van der Waals surface area (Å²) in [7, 11) is 1.55. The number of esters is 1. The number of methoxy groups -OCH3 is 1. The van der Waals surface area contributed by atoms with Crippen LogP contribution in [-0.2, 0) is 14.3 Å². The minimum absolute atomic E-state index is 0.443. The first-order valence-corrected chi connectivity index (χ1v) is 7.95. The zero-order valence-electron chi connectivity index (χ0n) is 13.9. The molecule has 0 spiro atoms. The summed E-state index contributed by atoms with van der Waals surface area (Å²) < 4.78 is 10.3. The number of para-hydroxylation sites is 1. The molecule has 130 valence electrons. The highest BCUT2D eigenvalue weighted by atomic mass is 35.5. The lowest BCUT2D eigenvalue weighted by molar-refractivity contribution is -0.148. The first kappa shape index (κ1) is 18.5. The van der Waals surface area contributed by atoms with E-state index in [-0.39, 0.29) is 0 Å². The number of rotatable bonds is 6. The minimum Gasteiger partial charge on any atom is -0.496 e. The number of carbonyl (C=O) groups excluding carboxylic acids is 2. The maximum absolute atomic E-state index is 12.1. The van der Waals surface area contributed by atoms with Gasteiger partial charge in [-0.15, -0.1) is 0 Å². The van der Waals surface area contributed by atoms with Crippen LogP contribution in [0, 0.1) is 0 Å². The van der Waals surface area contributed by atoms with E-state index in [0.717, 1.165) is 5.56 Å². The summed E-state index contributed by atoms with van der Waals surface area (Å²) in [5.74, 6) is -0.431. The van der Waals surface area contributed by atoms with Gasteiger partial charge in [0.15, 0.2) is 6.10 Å². The van der Waals surface area contributed by atoms with Gasteiger partial charge < -0.3 is 14.8 Å². The van der Waals surface area contributed by atoms with Crippen molar-refractivity contribution in [1.29, 1.82) is 0 Å². The van der Waals surface area contributed by atoms with Crippen LogP contribution in [-0.4, -0.2) is 25.1 Å². The number of halogens is 1. The molecule has 0 saturated heterocycles. The zero-order chi connectivity index (χ0) is 18.2. The molecular weight excluding hydrogens is 342 g/mol. The summed E-state index contributed by atoms with van der Waals surface area (Å²) in [6.45, 7) is 1.49. The van der Waals surface area contributed by atoms with Gasteiger partial charge in [0.05, 0.1) is 7.11 Å². The van der Waals surface area contributed by atoms with Gasteiger partial charge in [0, 0.05) is 22.3 Å². The minimum atomic E-state index is -0.950. The molecule has 5 nitrogen and oxygen atoms in total. The fourth-order valence-corrected chi connectivity index (χ4v) is 2.23. The van der Waals surface area contributed by atoms with Crippen molar-refractivity contribution < 1.29 is 19.1 Å². The Morgan fingerprint density at radius 1 is 1.16 bits per heavy atom. The molecule has 1 atom stereocenters. The summed E-state index contributed by atoms with van der Waals surface area (Å²) in [6.07, 6.45) is 1.87. The standard InChI is InChI=1S/C19H18ClNO4/c1-13(19(23)21-16-8-5-7-15(20)12-16)25-18(22)11-10-14-6-3-4-9-17(14)24-2/h3-13H,1-2H3,(H,21,23)/b11-10+/t13-/m1/s1. The lowest BCUT2D eigenvalue weighted by atomic mass is 10.2. The van der Waals surface area contributed by atoms with Crippen molar-refractivity contribution in [2.45, 2.75) is 13.0 Å². The van der Waals surface area contributed by atoms with E-state index in [1.165, 1.54) is 13.0 Å². The van der Waals surface area contributed by atoms with Gasteiger partial charge in [0.25, 0.3) is 5.91 Å². The summed E-state index contributed by atoms with van der Waals surface area (Å²) in [5.41, 5.74) is 1.27. The highest BCUT2D eigenvalue weighted by Crippen LogP contribution is 2.19. The third-order valence-electron chi connectivity index (χ3n) is 3.29. The molecule has 0 heterocycles. The largest absolute Gasteiger partial charge is 0.496 e. The SMILES string of the molecule is COc1ccccc1/C=C/C(=O)O[C@H](C)C(=O)Nc1cccc(Cl)c1. The fourth-order valence-electron chi connectivity index (χ4n) is 2.04. The number of nitrogens with one attached hydrogen (secondary N) is 1. The van der Waals surface area contributed by atoms with Crippen LogP contribution in [0.15, 0.2) is 54.6 Å². The number of anilines is 1. The molecule has 0 aliphatic carbocycles. The van der Waals surface area contributed by atoms with Crippen LogP contribution >= 0.6 is 11.6 Å². The predicted octanol–water partition coefficient (Wildman–Crippen LogP) is 3.93. The van der Waals surface area contributed by atoms with Crippen molar-refractivity contribution in [2.75, 3.05) is 12.4 Å². The van der Waals surface area contributed by atoms with Gasteiger partial charge in [-0.3, -0.25) is 4.79 Å². The zero-order valence-corrected chi connectivity index (χ0v) is 14.6. The first-order valence-electron chi connectivity index (χ1n) is 7.57. The second-order valence-electron chi connectivity index (χ2n) is 5.15. The highest BCUT2D eigenvalue weighted by molar-refractivity contribution is 6.30. The van der Waals surface area contributed by atoms with E-state index in [1.807, 2.05) is 12.1 Å². The van der Waals surface area contributed by atoms with Gasteiger partial charge in [-0.2, -0.15) is 0 Å². The second kappa shape index (κ2) is 8.89. The number of ether oxygens (including phenoxy) is 2. The lowest BCUT2D eigenvalue weighted by Gasteiger charge is -2.12. The Morgan fingerprint density at radius 2 is 1.92 bits per heavy atom. The molecule has 0 aliphatic heterocycles. The number of hydrogen-bond donors (Lipinski definition) is 1. The lowest BCUT2D eigenvalue weighted by Crippen LogP contribution is -2.29. The molecule has 2 aromatic rings.